The van der Waals surface area contributed by atoms with E-state index in [1.807, 2.05) is 26.1 Å². The van der Waals surface area contributed by atoms with Gasteiger partial charge in [0.25, 0.3) is 0 Å². The summed E-state index contributed by atoms with van der Waals surface area (Å²) in [6.45, 7) is 5.52. The zero-order chi connectivity index (χ0) is 24.4. The number of aliphatic carboxylic acids is 1. The topological polar surface area (TPSA) is 93.1 Å². The number of carbonyl (C=O) groups is 3. The van der Waals surface area contributed by atoms with Crippen LogP contribution in [0.25, 0.3) is 0 Å². The lowest BCUT2D eigenvalue weighted by Crippen LogP contribution is -2.37. The lowest BCUT2D eigenvalue weighted by molar-refractivity contribution is -0.139. The molecule has 1 aromatic rings. The minimum absolute atomic E-state index is 0.0810. The van der Waals surface area contributed by atoms with Gasteiger partial charge < -0.3 is 19.5 Å². The Hall–Kier alpha value is -3.35. The Morgan fingerprint density at radius 2 is 1.71 bits per heavy atom. The molecule has 7 heteroatoms. The number of allylic oxidation sites excluding steroid dienone is 5. The monoisotopic (exact) mass is 465 g/mol. The Morgan fingerprint density at radius 1 is 1.09 bits per heavy atom. The molecular formula is C27H31NO6. The summed E-state index contributed by atoms with van der Waals surface area (Å²) < 4.78 is 11.5. The van der Waals surface area contributed by atoms with Crippen LogP contribution in [0.15, 0.2) is 47.3 Å². The third-order valence-electron chi connectivity index (χ3n) is 6.74. The molecule has 1 N–H and O–H groups in total. The Morgan fingerprint density at radius 3 is 2.24 bits per heavy atom. The van der Waals surface area contributed by atoms with Gasteiger partial charge in [-0.1, -0.05) is 12.1 Å². The maximum atomic E-state index is 13.2. The van der Waals surface area contributed by atoms with E-state index in [1.165, 1.54) is 0 Å². The molecule has 0 aromatic heterocycles. The van der Waals surface area contributed by atoms with Gasteiger partial charge in [0.15, 0.2) is 29.7 Å². The average Bonchev–Trinajstić information content (AvgIpc) is 2.80. The second kappa shape index (κ2) is 9.87. The summed E-state index contributed by atoms with van der Waals surface area (Å²) in [5.41, 5.74) is 4.92. The highest BCUT2D eigenvalue weighted by molar-refractivity contribution is 6.06. The first kappa shape index (κ1) is 23.8. The molecule has 0 bridgehead atoms. The number of carbonyl (C=O) groups excluding carboxylic acids is 2. The van der Waals surface area contributed by atoms with Crippen LogP contribution >= 0.6 is 0 Å². The summed E-state index contributed by atoms with van der Waals surface area (Å²) in [5.74, 6) is -0.619. The van der Waals surface area contributed by atoms with Gasteiger partial charge in [-0.05, 0) is 50.7 Å². The molecule has 7 nitrogen and oxygen atoms in total. The number of ketones is 2. The smallest absolute Gasteiger partial charge is 0.341 e. The first-order valence-corrected chi connectivity index (χ1v) is 11.9. The summed E-state index contributed by atoms with van der Waals surface area (Å²) in [6, 6.07) is 3.72. The maximum Gasteiger partial charge on any atom is 0.341 e. The van der Waals surface area contributed by atoms with E-state index in [4.69, 9.17) is 14.6 Å². The van der Waals surface area contributed by atoms with Crippen molar-refractivity contribution in [1.29, 1.82) is 0 Å². The summed E-state index contributed by atoms with van der Waals surface area (Å²) >= 11 is 0. The predicted octanol–water partition coefficient (Wildman–Crippen LogP) is 4.32. The number of ether oxygens (including phenoxy) is 2. The molecule has 0 unspecified atom stereocenters. The molecule has 0 fully saturated rings. The van der Waals surface area contributed by atoms with E-state index < -0.39 is 18.5 Å². The second-order valence-corrected chi connectivity index (χ2v) is 8.88. The van der Waals surface area contributed by atoms with E-state index in [0.717, 1.165) is 42.6 Å². The number of carboxylic acids is 1. The van der Waals surface area contributed by atoms with Crippen molar-refractivity contribution in [3.05, 3.63) is 58.5 Å². The van der Waals surface area contributed by atoms with Crippen LogP contribution in [0.1, 0.15) is 62.5 Å². The third kappa shape index (κ3) is 4.27. The van der Waals surface area contributed by atoms with E-state index in [-0.39, 0.29) is 11.6 Å². The molecular weight excluding hydrogens is 434 g/mol. The lowest BCUT2D eigenvalue weighted by Gasteiger charge is -2.42. The van der Waals surface area contributed by atoms with Crippen molar-refractivity contribution in [2.75, 3.05) is 20.3 Å². The van der Waals surface area contributed by atoms with Crippen molar-refractivity contribution in [3.8, 4) is 11.5 Å². The number of hydrogen-bond acceptors (Lipinski definition) is 6. The summed E-state index contributed by atoms with van der Waals surface area (Å²) in [6.07, 6.45) is 6.29. The van der Waals surface area contributed by atoms with Crippen molar-refractivity contribution < 1.29 is 29.0 Å². The largest absolute Gasteiger partial charge is 0.490 e. The summed E-state index contributed by atoms with van der Waals surface area (Å²) in [5, 5.41) is 9.14. The number of nitrogens with zero attached hydrogens (tertiary/aromatic N) is 1. The quantitative estimate of drug-likeness (QED) is 0.572. The second-order valence-electron chi connectivity index (χ2n) is 8.88. The fourth-order valence-corrected chi connectivity index (χ4v) is 5.40. The molecule has 0 radical (unpaired) electrons. The minimum Gasteiger partial charge on any atom is -0.490 e. The maximum absolute atomic E-state index is 13.2. The Bertz CT molecular complexity index is 1070. The molecule has 3 aliphatic rings. The predicted molar refractivity (Wildman–Crippen MR) is 127 cm³/mol. The van der Waals surface area contributed by atoms with Crippen LogP contribution in [0.3, 0.4) is 0 Å². The van der Waals surface area contributed by atoms with Gasteiger partial charge in [0, 0.05) is 53.9 Å². The summed E-state index contributed by atoms with van der Waals surface area (Å²) in [7, 11) is 1.97. The Kier molecular flexibility index (Phi) is 6.91. The molecule has 34 heavy (non-hydrogen) atoms. The van der Waals surface area contributed by atoms with Gasteiger partial charge >= 0.3 is 5.97 Å². The van der Waals surface area contributed by atoms with Crippen molar-refractivity contribution in [3.63, 3.8) is 0 Å². The normalized spacial score (nSPS) is 18.6. The van der Waals surface area contributed by atoms with Gasteiger partial charge in [0.1, 0.15) is 0 Å². The van der Waals surface area contributed by atoms with Crippen molar-refractivity contribution in [2.45, 2.75) is 57.8 Å². The molecule has 180 valence electrons. The fourth-order valence-electron chi connectivity index (χ4n) is 5.40. The summed E-state index contributed by atoms with van der Waals surface area (Å²) in [4.78, 5) is 39.7. The SMILES string of the molecule is C=CCc1cc(C2C3=C(CCCC3=O)N(C)C3=C2C(=O)CCC3)cc(OCC)c1OCC(=O)O. The molecule has 0 saturated carbocycles. The number of Topliss-reactive ketones (excluding diaryl/α,β-unsaturated/α-hetero) is 2. The molecule has 1 aliphatic heterocycles. The first-order chi connectivity index (χ1) is 16.4. The minimum atomic E-state index is -1.09. The van der Waals surface area contributed by atoms with Gasteiger partial charge in [-0.25, -0.2) is 4.79 Å². The van der Waals surface area contributed by atoms with E-state index in [9.17, 15) is 14.4 Å². The molecule has 1 heterocycles. The van der Waals surface area contributed by atoms with Gasteiger partial charge in [-0.3, -0.25) is 9.59 Å². The highest BCUT2D eigenvalue weighted by atomic mass is 16.5. The fraction of sp³-hybridized carbons (Fsp3) is 0.444. The zero-order valence-corrected chi connectivity index (χ0v) is 19.8. The van der Waals surface area contributed by atoms with Crippen LogP contribution in [0.5, 0.6) is 11.5 Å². The lowest BCUT2D eigenvalue weighted by atomic mass is 9.71. The van der Waals surface area contributed by atoms with E-state index >= 15 is 0 Å². The van der Waals surface area contributed by atoms with Crippen LogP contribution in [0, 0.1) is 0 Å². The van der Waals surface area contributed by atoms with Crippen LogP contribution < -0.4 is 9.47 Å². The number of carboxylic acid groups (broad SMARTS) is 1. The molecule has 0 spiro atoms. The zero-order valence-electron chi connectivity index (χ0n) is 19.8. The molecule has 0 amide bonds. The highest BCUT2D eigenvalue weighted by Crippen LogP contribution is 2.50. The Labute approximate surface area is 199 Å². The standard InChI is InChI=1S/C27H31NO6/c1-4-8-16-13-17(14-22(33-5-2)27(16)34-15-23(31)32)24-25-18(9-6-11-20(25)29)28(3)19-10-7-12-21(30)26(19)24/h4,13-14,24H,1,5-12,15H2,2-3H3,(H,31,32). The third-order valence-corrected chi connectivity index (χ3v) is 6.74. The van der Waals surface area contributed by atoms with Gasteiger partial charge in [0.2, 0.25) is 0 Å². The van der Waals surface area contributed by atoms with Gasteiger partial charge in [-0.15, -0.1) is 6.58 Å². The molecule has 0 saturated heterocycles. The van der Waals surface area contributed by atoms with E-state index in [2.05, 4.69) is 11.5 Å². The van der Waals surface area contributed by atoms with Crippen LogP contribution in [0.2, 0.25) is 0 Å². The number of rotatable bonds is 8. The molecule has 2 aliphatic carbocycles. The Balaban J connectivity index is 1.94. The average molecular weight is 466 g/mol. The number of hydrogen-bond donors (Lipinski definition) is 1. The van der Waals surface area contributed by atoms with E-state index in [1.54, 1.807) is 6.08 Å². The molecule has 0 atom stereocenters. The highest BCUT2D eigenvalue weighted by Gasteiger charge is 2.42. The molecule has 1 aromatic carbocycles. The van der Waals surface area contributed by atoms with Crippen LogP contribution in [-0.4, -0.2) is 47.8 Å². The van der Waals surface area contributed by atoms with Gasteiger partial charge in [-0.2, -0.15) is 0 Å². The van der Waals surface area contributed by atoms with Crippen LogP contribution in [0.4, 0.5) is 0 Å². The van der Waals surface area contributed by atoms with Gasteiger partial charge in [0.05, 0.1) is 6.61 Å². The van der Waals surface area contributed by atoms with Crippen molar-refractivity contribution in [2.24, 2.45) is 0 Å². The van der Waals surface area contributed by atoms with Crippen molar-refractivity contribution in [1.82, 2.24) is 4.90 Å². The van der Waals surface area contributed by atoms with E-state index in [0.29, 0.717) is 54.1 Å². The molecule has 4 rings (SSSR count). The van der Waals surface area contributed by atoms with Crippen LogP contribution in [-0.2, 0) is 20.8 Å². The number of benzene rings is 1. The first-order valence-electron chi connectivity index (χ1n) is 11.9. The van der Waals surface area contributed by atoms with Crippen molar-refractivity contribution >= 4 is 17.5 Å².